The molecule has 1 aliphatic carbocycles. The average Bonchev–Trinajstić information content (AvgIpc) is 2.59. The van der Waals surface area contributed by atoms with Crippen molar-refractivity contribution in [1.29, 1.82) is 0 Å². The van der Waals surface area contributed by atoms with Gasteiger partial charge in [-0.05, 0) is 25.3 Å². The summed E-state index contributed by atoms with van der Waals surface area (Å²) in [7, 11) is 0. The van der Waals surface area contributed by atoms with Gasteiger partial charge in [0.05, 0.1) is 0 Å². The molecular weight excluding hydrogens is 186 g/mol. The van der Waals surface area contributed by atoms with E-state index in [2.05, 4.69) is 18.0 Å². The number of aromatic amines is 1. The molecule has 0 saturated carbocycles. The van der Waals surface area contributed by atoms with Crippen LogP contribution >= 0.6 is 0 Å². The molecule has 2 nitrogen and oxygen atoms in total. The van der Waals surface area contributed by atoms with Gasteiger partial charge in [-0.3, -0.25) is 4.79 Å². The number of Topliss-reactive ketones (excluding diaryl/α,β-unsaturated/α-hetero) is 1. The van der Waals surface area contributed by atoms with Crippen LogP contribution in [0.15, 0.2) is 18.2 Å². The zero-order chi connectivity index (χ0) is 10.4. The second kappa shape index (κ2) is 2.96. The Morgan fingerprint density at radius 3 is 3.00 bits per heavy atom. The Labute approximate surface area is 88.3 Å². The maximum Gasteiger partial charge on any atom is 0.165 e. The Morgan fingerprint density at radius 2 is 2.13 bits per heavy atom. The molecule has 0 spiro atoms. The minimum Gasteiger partial charge on any atom is -0.358 e. The molecule has 1 heterocycles. The Hall–Kier alpha value is -1.57. The van der Waals surface area contributed by atoms with Gasteiger partial charge < -0.3 is 4.98 Å². The van der Waals surface area contributed by atoms with E-state index in [-0.39, 0.29) is 0 Å². The van der Waals surface area contributed by atoms with Gasteiger partial charge in [-0.15, -0.1) is 0 Å². The summed E-state index contributed by atoms with van der Waals surface area (Å²) >= 11 is 0. The molecule has 0 radical (unpaired) electrons. The van der Waals surface area contributed by atoms with Gasteiger partial charge in [-0.1, -0.05) is 18.2 Å². The molecule has 76 valence electrons. The molecule has 0 aliphatic heterocycles. The largest absolute Gasteiger partial charge is 0.358 e. The zero-order valence-electron chi connectivity index (χ0n) is 8.76. The number of carbonyl (C=O) groups is 1. The molecule has 0 bridgehead atoms. The Balaban J connectivity index is 2.41. The van der Waals surface area contributed by atoms with Crippen molar-refractivity contribution in [2.45, 2.75) is 26.2 Å². The van der Waals surface area contributed by atoms with E-state index in [1.54, 1.807) is 0 Å². The third kappa shape index (κ3) is 1.14. The number of hydrogen-bond donors (Lipinski definition) is 1. The quantitative estimate of drug-likeness (QED) is 0.695. The summed E-state index contributed by atoms with van der Waals surface area (Å²) in [5.74, 6) is 0.299. The first-order chi connectivity index (χ1) is 7.27. The van der Waals surface area contributed by atoms with E-state index < -0.39 is 0 Å². The van der Waals surface area contributed by atoms with Gasteiger partial charge in [-0.25, -0.2) is 0 Å². The van der Waals surface area contributed by atoms with Crippen molar-refractivity contribution in [2.24, 2.45) is 0 Å². The summed E-state index contributed by atoms with van der Waals surface area (Å²) in [5, 5.41) is 1.11. The normalized spacial score (nSPS) is 15.7. The van der Waals surface area contributed by atoms with Crippen LogP contribution in [0.5, 0.6) is 0 Å². The third-order valence-electron chi connectivity index (χ3n) is 3.23. The van der Waals surface area contributed by atoms with E-state index in [1.165, 1.54) is 5.56 Å². The van der Waals surface area contributed by atoms with Crippen LogP contribution in [0, 0.1) is 6.92 Å². The van der Waals surface area contributed by atoms with Gasteiger partial charge in [0, 0.05) is 28.6 Å². The van der Waals surface area contributed by atoms with E-state index in [4.69, 9.17) is 0 Å². The molecule has 2 heteroatoms. The predicted octanol–water partition coefficient (Wildman–Crippen LogP) is 3.00. The number of carbonyl (C=O) groups excluding carboxylic acids is 1. The molecule has 0 atom stereocenters. The Morgan fingerprint density at radius 1 is 1.27 bits per heavy atom. The highest BCUT2D eigenvalue weighted by atomic mass is 16.1. The standard InChI is InChI=1S/C13H13NO/c1-8-4-2-5-9-12-10(14-13(8)9)6-3-7-11(12)15/h2,4-5,14H,3,6-7H2,1H3. The van der Waals surface area contributed by atoms with Gasteiger partial charge in [0.2, 0.25) is 0 Å². The molecule has 1 aliphatic rings. The fourth-order valence-electron chi connectivity index (χ4n) is 2.47. The highest BCUT2D eigenvalue weighted by Crippen LogP contribution is 2.30. The smallest absolute Gasteiger partial charge is 0.165 e. The topological polar surface area (TPSA) is 32.9 Å². The maximum absolute atomic E-state index is 11.9. The van der Waals surface area contributed by atoms with Crippen LogP contribution in [0.1, 0.15) is 34.5 Å². The SMILES string of the molecule is Cc1cccc2c3c([nH]c12)CCCC3=O. The van der Waals surface area contributed by atoms with Crippen molar-refractivity contribution in [2.75, 3.05) is 0 Å². The minimum atomic E-state index is 0.299. The first-order valence-electron chi connectivity index (χ1n) is 5.41. The lowest BCUT2D eigenvalue weighted by Crippen LogP contribution is -2.08. The highest BCUT2D eigenvalue weighted by Gasteiger charge is 2.22. The molecule has 15 heavy (non-hydrogen) atoms. The van der Waals surface area contributed by atoms with Crippen molar-refractivity contribution >= 4 is 16.7 Å². The monoisotopic (exact) mass is 199 g/mol. The van der Waals surface area contributed by atoms with Crippen molar-refractivity contribution in [1.82, 2.24) is 4.98 Å². The van der Waals surface area contributed by atoms with Crippen LogP contribution in [-0.2, 0) is 6.42 Å². The lowest BCUT2D eigenvalue weighted by atomic mass is 9.94. The molecule has 0 unspecified atom stereocenters. The van der Waals surface area contributed by atoms with E-state index in [1.807, 2.05) is 12.1 Å². The van der Waals surface area contributed by atoms with Crippen LogP contribution in [0.4, 0.5) is 0 Å². The van der Waals surface area contributed by atoms with Gasteiger partial charge in [0.25, 0.3) is 0 Å². The van der Waals surface area contributed by atoms with Crippen molar-refractivity contribution < 1.29 is 4.79 Å². The van der Waals surface area contributed by atoms with Gasteiger partial charge in [-0.2, -0.15) is 0 Å². The van der Waals surface area contributed by atoms with E-state index in [0.29, 0.717) is 12.2 Å². The molecule has 1 aromatic heterocycles. The fourth-order valence-corrected chi connectivity index (χ4v) is 2.47. The third-order valence-corrected chi connectivity index (χ3v) is 3.23. The first-order valence-corrected chi connectivity index (χ1v) is 5.41. The van der Waals surface area contributed by atoms with E-state index >= 15 is 0 Å². The molecule has 0 fully saturated rings. The van der Waals surface area contributed by atoms with Crippen molar-refractivity contribution in [3.63, 3.8) is 0 Å². The molecule has 2 aromatic rings. The van der Waals surface area contributed by atoms with Gasteiger partial charge >= 0.3 is 0 Å². The summed E-state index contributed by atoms with van der Waals surface area (Å²) < 4.78 is 0. The summed E-state index contributed by atoms with van der Waals surface area (Å²) in [5.41, 5.74) is 4.43. The van der Waals surface area contributed by atoms with Crippen LogP contribution in [0.3, 0.4) is 0 Å². The zero-order valence-corrected chi connectivity index (χ0v) is 8.76. The van der Waals surface area contributed by atoms with Crippen LogP contribution in [0.2, 0.25) is 0 Å². The van der Waals surface area contributed by atoms with Crippen molar-refractivity contribution in [3.8, 4) is 0 Å². The number of aromatic nitrogens is 1. The molecule has 0 saturated heterocycles. The number of hydrogen-bond acceptors (Lipinski definition) is 1. The number of fused-ring (bicyclic) bond motifs is 3. The van der Waals surface area contributed by atoms with Crippen LogP contribution < -0.4 is 0 Å². The number of aryl methyl sites for hydroxylation is 2. The molecular formula is C13H13NO. The number of nitrogens with one attached hydrogen (secondary N) is 1. The lowest BCUT2D eigenvalue weighted by molar-refractivity contribution is 0.0974. The minimum absolute atomic E-state index is 0.299. The number of rotatable bonds is 0. The van der Waals surface area contributed by atoms with Gasteiger partial charge in [0.15, 0.2) is 5.78 Å². The van der Waals surface area contributed by atoms with Gasteiger partial charge in [0.1, 0.15) is 0 Å². The summed E-state index contributed by atoms with van der Waals surface area (Å²) in [6.45, 7) is 2.08. The average molecular weight is 199 g/mol. The Kier molecular flexibility index (Phi) is 1.72. The summed E-state index contributed by atoms with van der Waals surface area (Å²) in [6, 6.07) is 6.14. The molecule has 0 amide bonds. The summed E-state index contributed by atoms with van der Waals surface area (Å²) in [4.78, 5) is 15.2. The van der Waals surface area contributed by atoms with E-state index in [9.17, 15) is 4.79 Å². The second-order valence-corrected chi connectivity index (χ2v) is 4.25. The molecule has 1 aromatic carbocycles. The van der Waals surface area contributed by atoms with Crippen LogP contribution in [-0.4, -0.2) is 10.8 Å². The fraction of sp³-hybridized carbons (Fsp3) is 0.308. The number of ketones is 1. The number of H-pyrrole nitrogens is 1. The van der Waals surface area contributed by atoms with Crippen molar-refractivity contribution in [3.05, 3.63) is 35.0 Å². The first kappa shape index (κ1) is 8.72. The lowest BCUT2D eigenvalue weighted by Gasteiger charge is -2.09. The predicted molar refractivity (Wildman–Crippen MR) is 60.3 cm³/mol. The number of para-hydroxylation sites is 1. The molecule has 1 N–H and O–H groups in total. The highest BCUT2D eigenvalue weighted by molar-refractivity contribution is 6.10. The Bertz CT molecular complexity index is 551. The second-order valence-electron chi connectivity index (χ2n) is 4.25. The van der Waals surface area contributed by atoms with E-state index in [0.717, 1.165) is 35.0 Å². The van der Waals surface area contributed by atoms with Crippen LogP contribution in [0.25, 0.3) is 10.9 Å². The molecule has 3 rings (SSSR count). The maximum atomic E-state index is 11.9. The number of benzene rings is 1. The summed E-state index contributed by atoms with van der Waals surface area (Å²) in [6.07, 6.45) is 2.70.